The second-order valence-electron chi connectivity index (χ2n) is 2.51. The van der Waals surface area contributed by atoms with Crippen LogP contribution in [0.25, 0.3) is 0 Å². The summed E-state index contributed by atoms with van der Waals surface area (Å²) in [5.74, 6) is -0.965. The third kappa shape index (κ3) is 4.29. The van der Waals surface area contributed by atoms with E-state index in [1.165, 1.54) is 0 Å². The molecule has 0 aromatic carbocycles. The van der Waals surface area contributed by atoms with Crippen molar-refractivity contribution in [3.05, 3.63) is 0 Å². The predicted molar refractivity (Wildman–Crippen MR) is 38.7 cm³/mol. The molecule has 10 heavy (non-hydrogen) atoms. The molecule has 0 saturated carbocycles. The van der Waals surface area contributed by atoms with Gasteiger partial charge in [-0.05, 0) is 0 Å². The molecule has 4 heteroatoms. The molecule has 60 valence electrons. The Morgan fingerprint density at radius 3 is 2.50 bits per heavy atom. The number of rotatable bonds is 4. The zero-order valence-electron chi connectivity index (χ0n) is 6.29. The average Bonchev–Trinajstić information content (AvgIpc) is 1.82. The van der Waals surface area contributed by atoms with Gasteiger partial charge in [-0.3, -0.25) is 4.79 Å². The van der Waals surface area contributed by atoms with E-state index >= 15 is 0 Å². The van der Waals surface area contributed by atoms with Crippen LogP contribution in [0.3, 0.4) is 0 Å². The minimum Gasteiger partial charge on any atom is -0.480 e. The van der Waals surface area contributed by atoms with Crippen molar-refractivity contribution in [1.29, 1.82) is 0 Å². The van der Waals surface area contributed by atoms with Crippen LogP contribution in [0.2, 0.25) is 0 Å². The number of hydrogen-bond acceptors (Lipinski definition) is 3. The second kappa shape index (κ2) is 4.24. The number of carboxylic acids is 1. The second-order valence-corrected chi connectivity index (χ2v) is 2.51. The molecule has 0 aliphatic heterocycles. The van der Waals surface area contributed by atoms with Crippen molar-refractivity contribution in [2.75, 3.05) is 6.54 Å². The van der Waals surface area contributed by atoms with Gasteiger partial charge in [0.25, 0.3) is 0 Å². The smallest absolute Gasteiger partial charge is 0.321 e. The van der Waals surface area contributed by atoms with E-state index in [-0.39, 0.29) is 6.04 Å². The van der Waals surface area contributed by atoms with E-state index in [1.54, 1.807) is 0 Å². The van der Waals surface area contributed by atoms with Gasteiger partial charge < -0.3 is 16.2 Å². The quantitative estimate of drug-likeness (QED) is 0.495. The molecule has 0 fully saturated rings. The molecule has 0 radical (unpaired) electrons. The summed E-state index contributed by atoms with van der Waals surface area (Å²) < 4.78 is 0. The lowest BCUT2D eigenvalue weighted by Gasteiger charge is -2.10. The van der Waals surface area contributed by atoms with E-state index in [2.05, 4.69) is 5.32 Å². The molecule has 0 aliphatic carbocycles. The van der Waals surface area contributed by atoms with Crippen LogP contribution in [0.15, 0.2) is 0 Å². The maximum atomic E-state index is 10.1. The van der Waals surface area contributed by atoms with E-state index in [9.17, 15) is 4.79 Å². The fourth-order valence-corrected chi connectivity index (χ4v) is 0.450. The molecule has 0 rings (SSSR count). The molecule has 4 N–H and O–H groups in total. The van der Waals surface area contributed by atoms with Crippen molar-refractivity contribution in [2.24, 2.45) is 5.73 Å². The van der Waals surface area contributed by atoms with E-state index < -0.39 is 12.0 Å². The Morgan fingerprint density at radius 1 is 1.70 bits per heavy atom. The molecule has 0 heterocycles. The van der Waals surface area contributed by atoms with E-state index in [0.29, 0.717) is 6.54 Å². The first kappa shape index (κ1) is 9.39. The molecule has 0 aliphatic rings. The highest BCUT2D eigenvalue weighted by molar-refractivity contribution is 5.73. The van der Waals surface area contributed by atoms with E-state index in [1.807, 2.05) is 13.8 Å². The van der Waals surface area contributed by atoms with Gasteiger partial charge in [0.15, 0.2) is 0 Å². The summed E-state index contributed by atoms with van der Waals surface area (Å²) in [4.78, 5) is 10.1. The topological polar surface area (TPSA) is 75.3 Å². The molecule has 4 nitrogen and oxygen atoms in total. The van der Waals surface area contributed by atoms with Crippen molar-refractivity contribution >= 4 is 5.97 Å². The van der Waals surface area contributed by atoms with Crippen LogP contribution in [0.5, 0.6) is 0 Å². The van der Waals surface area contributed by atoms with Gasteiger partial charge in [0.2, 0.25) is 0 Å². The van der Waals surface area contributed by atoms with Gasteiger partial charge >= 0.3 is 5.97 Å². The van der Waals surface area contributed by atoms with Gasteiger partial charge in [-0.1, -0.05) is 13.8 Å². The lowest BCUT2D eigenvalue weighted by atomic mass is 10.3. The Balaban J connectivity index is 3.40. The molecule has 0 spiro atoms. The first-order valence-corrected chi connectivity index (χ1v) is 3.25. The summed E-state index contributed by atoms with van der Waals surface area (Å²) in [6.07, 6.45) is 0. The van der Waals surface area contributed by atoms with Crippen molar-refractivity contribution in [3.63, 3.8) is 0 Å². The molecular formula is C6H14N2O2. The number of carbonyl (C=O) groups is 1. The normalized spacial score (nSPS) is 13.6. The monoisotopic (exact) mass is 146 g/mol. The van der Waals surface area contributed by atoms with Crippen molar-refractivity contribution in [2.45, 2.75) is 25.9 Å². The highest BCUT2D eigenvalue weighted by atomic mass is 16.4. The summed E-state index contributed by atoms with van der Waals surface area (Å²) in [7, 11) is 0. The van der Waals surface area contributed by atoms with Crippen LogP contribution in [-0.2, 0) is 4.79 Å². The predicted octanol–water partition coefficient (Wildman–Crippen LogP) is -0.604. The van der Waals surface area contributed by atoms with Gasteiger partial charge in [0.1, 0.15) is 6.04 Å². The van der Waals surface area contributed by atoms with Gasteiger partial charge in [-0.2, -0.15) is 0 Å². The van der Waals surface area contributed by atoms with Crippen LogP contribution in [-0.4, -0.2) is 29.7 Å². The lowest BCUT2D eigenvalue weighted by molar-refractivity contribution is -0.138. The molecule has 0 bridgehead atoms. The molecular weight excluding hydrogens is 132 g/mol. The maximum Gasteiger partial charge on any atom is 0.321 e. The van der Waals surface area contributed by atoms with Gasteiger partial charge in [-0.25, -0.2) is 0 Å². The summed E-state index contributed by atoms with van der Waals surface area (Å²) in [5.41, 5.74) is 5.20. The van der Waals surface area contributed by atoms with Crippen molar-refractivity contribution in [3.8, 4) is 0 Å². The number of nitrogens with two attached hydrogens (primary N) is 1. The fraction of sp³-hybridized carbons (Fsp3) is 0.833. The Bertz CT molecular complexity index is 114. The SMILES string of the molecule is CC(C)NC[C@@H](N)C(=O)O. The molecule has 1 atom stereocenters. The summed E-state index contributed by atoms with van der Waals surface area (Å²) in [6, 6.07) is -0.507. The number of carboxylic acid groups (broad SMARTS) is 1. The number of nitrogens with one attached hydrogen (secondary N) is 1. The largest absolute Gasteiger partial charge is 0.480 e. The van der Waals surface area contributed by atoms with Crippen LogP contribution in [0, 0.1) is 0 Å². The highest BCUT2D eigenvalue weighted by Gasteiger charge is 2.10. The van der Waals surface area contributed by atoms with Crippen molar-refractivity contribution < 1.29 is 9.90 Å². The summed E-state index contributed by atoms with van der Waals surface area (Å²) >= 11 is 0. The van der Waals surface area contributed by atoms with Crippen LogP contribution >= 0.6 is 0 Å². The Hall–Kier alpha value is -0.610. The zero-order chi connectivity index (χ0) is 8.15. The summed E-state index contributed by atoms with van der Waals surface area (Å²) in [6.45, 7) is 4.20. The minimum atomic E-state index is -0.965. The molecule has 0 amide bonds. The molecule has 0 aromatic rings. The Morgan fingerprint density at radius 2 is 2.20 bits per heavy atom. The third-order valence-electron chi connectivity index (χ3n) is 1.06. The minimum absolute atomic E-state index is 0.283. The van der Waals surface area contributed by atoms with E-state index in [4.69, 9.17) is 10.8 Å². The fourth-order valence-electron chi connectivity index (χ4n) is 0.450. The van der Waals surface area contributed by atoms with Crippen LogP contribution in [0.1, 0.15) is 13.8 Å². The molecule has 0 unspecified atom stereocenters. The maximum absolute atomic E-state index is 10.1. The van der Waals surface area contributed by atoms with Crippen LogP contribution in [0.4, 0.5) is 0 Å². The zero-order valence-corrected chi connectivity index (χ0v) is 6.29. The van der Waals surface area contributed by atoms with Gasteiger partial charge in [0, 0.05) is 12.6 Å². The lowest BCUT2D eigenvalue weighted by Crippen LogP contribution is -2.42. The first-order chi connectivity index (χ1) is 4.54. The van der Waals surface area contributed by atoms with E-state index in [0.717, 1.165) is 0 Å². The Kier molecular flexibility index (Phi) is 3.99. The standard InChI is InChI=1S/C6H14N2O2/c1-4(2)8-3-5(7)6(9)10/h4-5,8H,3,7H2,1-2H3,(H,9,10)/t5-/m1/s1. The van der Waals surface area contributed by atoms with Crippen LogP contribution < -0.4 is 11.1 Å². The summed E-state index contributed by atoms with van der Waals surface area (Å²) in [5, 5.41) is 11.3. The highest BCUT2D eigenvalue weighted by Crippen LogP contribution is 1.79. The third-order valence-corrected chi connectivity index (χ3v) is 1.06. The number of hydrogen-bond donors (Lipinski definition) is 3. The van der Waals surface area contributed by atoms with Gasteiger partial charge in [0.05, 0.1) is 0 Å². The van der Waals surface area contributed by atoms with Gasteiger partial charge in [-0.15, -0.1) is 0 Å². The van der Waals surface area contributed by atoms with Crippen molar-refractivity contribution in [1.82, 2.24) is 5.32 Å². The molecule has 0 saturated heterocycles. The molecule has 0 aromatic heterocycles. The average molecular weight is 146 g/mol. The number of aliphatic carboxylic acids is 1. The Labute approximate surface area is 60.4 Å². The first-order valence-electron chi connectivity index (χ1n) is 3.25.